The zero-order valence-corrected chi connectivity index (χ0v) is 22.3. The maximum absolute atomic E-state index is 13.9. The SMILES string of the molecule is Cc1ccc(N2C(=O)[C@H]3N=NN(CC(=O)N4N=C(c5cccc6ccccc56)C[C@H]4c4ccccc4)[C@@H]3C2=O)cc1. The summed E-state index contributed by atoms with van der Waals surface area (Å²) in [6.45, 7) is 1.70. The first-order valence-electron chi connectivity index (χ1n) is 13.5. The highest BCUT2D eigenvalue weighted by Gasteiger charge is 2.55. The predicted molar refractivity (Wildman–Crippen MR) is 154 cm³/mol. The second kappa shape index (κ2) is 9.78. The molecule has 3 heterocycles. The van der Waals surface area contributed by atoms with Gasteiger partial charge in [0.1, 0.15) is 6.54 Å². The highest BCUT2D eigenvalue weighted by molar-refractivity contribution is 6.25. The Morgan fingerprint density at radius 1 is 0.854 bits per heavy atom. The Kier molecular flexibility index (Phi) is 5.92. The van der Waals surface area contributed by atoms with E-state index < -0.39 is 23.9 Å². The van der Waals surface area contributed by atoms with Gasteiger partial charge in [-0.3, -0.25) is 19.4 Å². The van der Waals surface area contributed by atoms with Gasteiger partial charge in [0, 0.05) is 12.0 Å². The maximum Gasteiger partial charge on any atom is 0.264 e. The molecule has 4 aromatic rings. The van der Waals surface area contributed by atoms with Crippen molar-refractivity contribution in [2.75, 3.05) is 11.4 Å². The molecule has 0 bridgehead atoms. The summed E-state index contributed by atoms with van der Waals surface area (Å²) >= 11 is 0. The molecule has 3 amide bonds. The van der Waals surface area contributed by atoms with E-state index in [1.807, 2.05) is 73.7 Å². The second-order valence-electron chi connectivity index (χ2n) is 10.5. The summed E-state index contributed by atoms with van der Waals surface area (Å²) in [5.41, 5.74) is 4.24. The average Bonchev–Trinajstić information content (AvgIpc) is 3.69. The summed E-state index contributed by atoms with van der Waals surface area (Å²) in [6.07, 6.45) is 0.538. The molecule has 9 nitrogen and oxygen atoms in total. The molecule has 0 spiro atoms. The number of aryl methyl sites for hydroxylation is 1. The van der Waals surface area contributed by atoms with Crippen LogP contribution in [-0.2, 0) is 14.4 Å². The van der Waals surface area contributed by atoms with Gasteiger partial charge in [0.05, 0.1) is 17.4 Å². The van der Waals surface area contributed by atoms with E-state index in [9.17, 15) is 14.4 Å². The predicted octanol–water partition coefficient (Wildman–Crippen LogP) is 4.82. The molecule has 3 aliphatic rings. The van der Waals surface area contributed by atoms with Gasteiger partial charge < -0.3 is 0 Å². The van der Waals surface area contributed by atoms with Crippen LogP contribution in [0.3, 0.4) is 0 Å². The van der Waals surface area contributed by atoms with Gasteiger partial charge in [-0.2, -0.15) is 10.2 Å². The van der Waals surface area contributed by atoms with Gasteiger partial charge in [-0.25, -0.2) is 9.91 Å². The van der Waals surface area contributed by atoms with E-state index >= 15 is 0 Å². The number of amides is 3. The van der Waals surface area contributed by atoms with Crippen LogP contribution < -0.4 is 4.90 Å². The van der Waals surface area contributed by atoms with Crippen molar-refractivity contribution in [1.82, 2.24) is 10.0 Å². The van der Waals surface area contributed by atoms with Crippen LogP contribution in [0.4, 0.5) is 5.69 Å². The van der Waals surface area contributed by atoms with Crippen molar-refractivity contribution >= 4 is 39.9 Å². The molecule has 0 radical (unpaired) electrons. The molecule has 0 unspecified atom stereocenters. The number of imide groups is 1. The van der Waals surface area contributed by atoms with Gasteiger partial charge in [-0.15, -0.1) is 0 Å². The zero-order valence-electron chi connectivity index (χ0n) is 22.3. The van der Waals surface area contributed by atoms with Gasteiger partial charge in [0.2, 0.25) is 0 Å². The summed E-state index contributed by atoms with van der Waals surface area (Å²) in [5, 5.41) is 18.0. The minimum Gasteiger partial charge on any atom is -0.271 e. The van der Waals surface area contributed by atoms with Crippen molar-refractivity contribution in [1.29, 1.82) is 0 Å². The Bertz CT molecular complexity index is 1750. The molecule has 0 aliphatic carbocycles. The Hall–Kier alpha value is -5.18. The molecular weight excluding hydrogens is 516 g/mol. The Morgan fingerprint density at radius 3 is 2.39 bits per heavy atom. The fourth-order valence-corrected chi connectivity index (χ4v) is 5.83. The van der Waals surface area contributed by atoms with E-state index in [0.29, 0.717) is 12.1 Å². The molecule has 1 fully saturated rings. The summed E-state index contributed by atoms with van der Waals surface area (Å²) in [6, 6.07) is 28.9. The van der Waals surface area contributed by atoms with E-state index in [0.717, 1.165) is 38.1 Å². The fraction of sp³-hybridized carbons (Fsp3) is 0.188. The molecular formula is C32H26N6O3. The largest absolute Gasteiger partial charge is 0.271 e. The van der Waals surface area contributed by atoms with Crippen LogP contribution in [0.2, 0.25) is 0 Å². The minimum atomic E-state index is -0.977. The highest BCUT2D eigenvalue weighted by atomic mass is 16.2. The van der Waals surface area contributed by atoms with E-state index in [1.54, 1.807) is 12.1 Å². The minimum absolute atomic E-state index is 0.235. The third-order valence-corrected chi connectivity index (χ3v) is 7.90. The lowest BCUT2D eigenvalue weighted by Crippen LogP contribution is -2.44. The number of benzene rings is 4. The summed E-state index contributed by atoms with van der Waals surface area (Å²) < 4.78 is 0. The van der Waals surface area contributed by atoms with E-state index in [2.05, 4.69) is 28.5 Å². The number of fused-ring (bicyclic) bond motifs is 2. The Balaban J connectivity index is 1.18. The van der Waals surface area contributed by atoms with E-state index in [4.69, 9.17) is 5.10 Å². The molecule has 41 heavy (non-hydrogen) atoms. The molecule has 0 N–H and O–H groups in total. The molecule has 3 aliphatic heterocycles. The van der Waals surface area contributed by atoms with Gasteiger partial charge in [0.15, 0.2) is 12.1 Å². The standard InChI is InChI=1S/C32H26N6O3/c1-20-14-16-23(17-15-20)37-31(40)29-30(32(37)41)36(35-33-29)19-28(39)38-27(22-9-3-2-4-10-22)18-26(34-38)25-13-7-11-21-8-5-6-12-24(21)25/h2-17,27,29-30H,18-19H2,1H3/t27-,29-,30-/m0/s1. The van der Waals surface area contributed by atoms with Crippen LogP contribution >= 0.6 is 0 Å². The topological polar surface area (TPSA) is 98.0 Å². The smallest absolute Gasteiger partial charge is 0.264 e. The average molecular weight is 543 g/mol. The first kappa shape index (κ1) is 24.8. The van der Waals surface area contributed by atoms with Crippen LogP contribution in [0.1, 0.15) is 29.2 Å². The number of carbonyl (C=O) groups excluding carboxylic acids is 3. The quantitative estimate of drug-likeness (QED) is 0.338. The lowest BCUT2D eigenvalue weighted by Gasteiger charge is -2.25. The van der Waals surface area contributed by atoms with Crippen LogP contribution in [0.15, 0.2) is 113 Å². The Labute approximate surface area is 236 Å². The third kappa shape index (κ3) is 4.17. The second-order valence-corrected chi connectivity index (χ2v) is 10.5. The van der Waals surface area contributed by atoms with Gasteiger partial charge >= 0.3 is 0 Å². The van der Waals surface area contributed by atoms with Crippen molar-refractivity contribution in [2.45, 2.75) is 31.5 Å². The number of hydrogen-bond acceptors (Lipinski definition) is 7. The van der Waals surface area contributed by atoms with Crippen LogP contribution in [0.25, 0.3) is 10.8 Å². The Morgan fingerprint density at radius 2 is 1.59 bits per heavy atom. The van der Waals surface area contributed by atoms with E-state index in [1.165, 1.54) is 10.0 Å². The number of rotatable bonds is 5. The molecule has 9 heteroatoms. The monoisotopic (exact) mass is 542 g/mol. The van der Waals surface area contributed by atoms with Crippen LogP contribution in [0.5, 0.6) is 0 Å². The highest BCUT2D eigenvalue weighted by Crippen LogP contribution is 2.36. The molecule has 7 rings (SSSR count). The molecule has 0 aromatic heterocycles. The normalized spacial score (nSPS) is 21.6. The zero-order chi connectivity index (χ0) is 28.1. The third-order valence-electron chi connectivity index (χ3n) is 7.90. The van der Waals surface area contributed by atoms with Gasteiger partial charge in [-0.1, -0.05) is 95.7 Å². The van der Waals surface area contributed by atoms with Crippen molar-refractivity contribution < 1.29 is 14.4 Å². The first-order chi connectivity index (χ1) is 20.0. The summed E-state index contributed by atoms with van der Waals surface area (Å²) in [7, 11) is 0. The van der Waals surface area contributed by atoms with Crippen molar-refractivity contribution in [2.24, 2.45) is 15.4 Å². The number of carbonyl (C=O) groups is 3. The van der Waals surface area contributed by atoms with Crippen LogP contribution in [0, 0.1) is 6.92 Å². The molecule has 202 valence electrons. The lowest BCUT2D eigenvalue weighted by atomic mass is 9.95. The summed E-state index contributed by atoms with van der Waals surface area (Å²) in [5.74, 6) is -1.22. The summed E-state index contributed by atoms with van der Waals surface area (Å²) in [4.78, 5) is 41.6. The molecule has 3 atom stereocenters. The number of hydrogen-bond donors (Lipinski definition) is 0. The van der Waals surface area contributed by atoms with Crippen molar-refractivity contribution in [3.63, 3.8) is 0 Å². The molecule has 1 saturated heterocycles. The number of hydrazone groups is 1. The maximum atomic E-state index is 13.9. The number of anilines is 1. The number of nitrogens with zero attached hydrogens (tertiary/aromatic N) is 6. The molecule has 4 aromatic carbocycles. The first-order valence-corrected chi connectivity index (χ1v) is 13.5. The van der Waals surface area contributed by atoms with Crippen LogP contribution in [-0.4, -0.2) is 52.1 Å². The fourth-order valence-electron chi connectivity index (χ4n) is 5.83. The van der Waals surface area contributed by atoms with Gasteiger partial charge in [-0.05, 0) is 35.4 Å². The van der Waals surface area contributed by atoms with Gasteiger partial charge in [0.25, 0.3) is 17.7 Å². The van der Waals surface area contributed by atoms with E-state index in [-0.39, 0.29) is 18.5 Å². The van der Waals surface area contributed by atoms with Crippen molar-refractivity contribution in [3.8, 4) is 0 Å². The lowest BCUT2D eigenvalue weighted by molar-refractivity contribution is -0.135. The molecule has 0 saturated carbocycles. The van der Waals surface area contributed by atoms with Crippen molar-refractivity contribution in [3.05, 3.63) is 114 Å².